The van der Waals surface area contributed by atoms with Crippen LogP contribution in [0.3, 0.4) is 0 Å². The first kappa shape index (κ1) is 13.6. The van der Waals surface area contributed by atoms with Gasteiger partial charge in [0.05, 0.1) is 0 Å². The van der Waals surface area contributed by atoms with Crippen molar-refractivity contribution >= 4 is 10.9 Å². The molecule has 2 heterocycles. The van der Waals surface area contributed by atoms with Crippen molar-refractivity contribution in [3.05, 3.63) is 36.0 Å². The van der Waals surface area contributed by atoms with E-state index >= 15 is 0 Å². The van der Waals surface area contributed by atoms with Gasteiger partial charge in [0.2, 0.25) is 0 Å². The van der Waals surface area contributed by atoms with Crippen molar-refractivity contribution in [2.24, 2.45) is 5.73 Å². The Morgan fingerprint density at radius 3 is 2.70 bits per heavy atom. The lowest BCUT2D eigenvalue weighted by atomic mass is 10.0. The van der Waals surface area contributed by atoms with Crippen molar-refractivity contribution < 1.29 is 0 Å². The smallest absolute Gasteiger partial charge is 0.0457 e. The number of hydrogen-bond acceptors (Lipinski definition) is 3. The molecular weight excluding hydrogens is 248 g/mol. The number of benzene rings is 1. The highest BCUT2D eigenvalue weighted by Crippen LogP contribution is 2.31. The van der Waals surface area contributed by atoms with Crippen LogP contribution in [-0.2, 0) is 0 Å². The summed E-state index contributed by atoms with van der Waals surface area (Å²) in [4.78, 5) is 8.38. The van der Waals surface area contributed by atoms with E-state index in [4.69, 9.17) is 5.73 Å². The molecule has 4 nitrogen and oxygen atoms in total. The highest BCUT2D eigenvalue weighted by molar-refractivity contribution is 5.83. The van der Waals surface area contributed by atoms with E-state index in [2.05, 4.69) is 52.3 Å². The maximum absolute atomic E-state index is 5.87. The second-order valence-electron chi connectivity index (χ2n) is 5.72. The fourth-order valence-electron chi connectivity index (χ4n) is 3.20. The van der Waals surface area contributed by atoms with E-state index in [9.17, 15) is 0 Å². The molecule has 0 spiro atoms. The predicted molar refractivity (Wildman–Crippen MR) is 83.8 cm³/mol. The van der Waals surface area contributed by atoms with Gasteiger partial charge in [0, 0.05) is 49.3 Å². The Kier molecular flexibility index (Phi) is 4.05. The molecule has 1 aliphatic heterocycles. The molecule has 0 bridgehead atoms. The summed E-state index contributed by atoms with van der Waals surface area (Å²) in [7, 11) is 2.20. The van der Waals surface area contributed by atoms with Crippen molar-refractivity contribution in [3.8, 4) is 0 Å². The quantitative estimate of drug-likeness (QED) is 0.892. The zero-order valence-electron chi connectivity index (χ0n) is 12.2. The Bertz CT molecular complexity index is 554. The topological polar surface area (TPSA) is 48.3 Å². The molecule has 4 heteroatoms. The van der Waals surface area contributed by atoms with Gasteiger partial charge in [-0.1, -0.05) is 18.2 Å². The SMILES string of the molecule is CN1CCN(C(CCN)c2c[nH]c3ccccc23)CC1. The van der Waals surface area contributed by atoms with Crippen LogP contribution in [0.5, 0.6) is 0 Å². The summed E-state index contributed by atoms with van der Waals surface area (Å²) in [5.74, 6) is 0. The monoisotopic (exact) mass is 272 g/mol. The Morgan fingerprint density at radius 1 is 1.20 bits per heavy atom. The third kappa shape index (κ3) is 2.59. The molecule has 0 aliphatic carbocycles. The molecular formula is C16H24N4. The second kappa shape index (κ2) is 5.95. The normalized spacial score (nSPS) is 19.5. The number of hydrogen-bond donors (Lipinski definition) is 2. The summed E-state index contributed by atoms with van der Waals surface area (Å²) in [5.41, 5.74) is 8.49. The standard InChI is InChI=1S/C16H24N4/c1-19-8-10-20(11-9-19)16(6-7-17)14-12-18-15-5-3-2-4-13(14)15/h2-5,12,16,18H,6-11,17H2,1H3. The number of aromatic amines is 1. The molecule has 1 unspecified atom stereocenters. The lowest BCUT2D eigenvalue weighted by molar-refractivity contribution is 0.108. The summed E-state index contributed by atoms with van der Waals surface area (Å²) in [6.45, 7) is 5.27. The molecule has 1 aromatic heterocycles. The number of nitrogens with two attached hydrogens (primary N) is 1. The number of rotatable bonds is 4. The Labute approximate surface area is 120 Å². The van der Waals surface area contributed by atoms with Crippen molar-refractivity contribution in [2.75, 3.05) is 39.8 Å². The molecule has 1 aliphatic rings. The predicted octanol–water partition coefficient (Wildman–Crippen LogP) is 1.81. The van der Waals surface area contributed by atoms with Crippen molar-refractivity contribution in [3.63, 3.8) is 0 Å². The first-order valence-corrected chi connectivity index (χ1v) is 7.48. The zero-order chi connectivity index (χ0) is 13.9. The van der Waals surface area contributed by atoms with Gasteiger partial charge in [-0.3, -0.25) is 4.90 Å². The van der Waals surface area contributed by atoms with Crippen LogP contribution in [0, 0.1) is 0 Å². The largest absolute Gasteiger partial charge is 0.361 e. The minimum absolute atomic E-state index is 0.435. The van der Waals surface area contributed by atoms with Crippen molar-refractivity contribution in [1.29, 1.82) is 0 Å². The zero-order valence-corrected chi connectivity index (χ0v) is 12.2. The Hall–Kier alpha value is -1.36. The summed E-state index contributed by atoms with van der Waals surface area (Å²) in [6.07, 6.45) is 3.19. The van der Waals surface area contributed by atoms with Crippen LogP contribution < -0.4 is 5.73 Å². The van der Waals surface area contributed by atoms with Gasteiger partial charge in [0.1, 0.15) is 0 Å². The molecule has 0 radical (unpaired) electrons. The van der Waals surface area contributed by atoms with Gasteiger partial charge >= 0.3 is 0 Å². The van der Waals surface area contributed by atoms with Crippen LogP contribution in [0.25, 0.3) is 10.9 Å². The highest BCUT2D eigenvalue weighted by atomic mass is 15.3. The lowest BCUT2D eigenvalue weighted by Crippen LogP contribution is -2.46. The first-order chi connectivity index (χ1) is 9.79. The minimum Gasteiger partial charge on any atom is -0.361 e. The third-order valence-electron chi connectivity index (χ3n) is 4.40. The average molecular weight is 272 g/mol. The van der Waals surface area contributed by atoms with Crippen LogP contribution in [0.15, 0.2) is 30.5 Å². The van der Waals surface area contributed by atoms with E-state index in [0.717, 1.165) is 39.1 Å². The fourth-order valence-corrected chi connectivity index (χ4v) is 3.20. The number of nitrogens with one attached hydrogen (secondary N) is 1. The summed E-state index contributed by atoms with van der Waals surface area (Å²) >= 11 is 0. The number of aromatic nitrogens is 1. The molecule has 2 aromatic rings. The van der Waals surface area contributed by atoms with Gasteiger partial charge in [-0.05, 0) is 31.6 Å². The second-order valence-corrected chi connectivity index (χ2v) is 5.72. The molecule has 1 aromatic carbocycles. The van der Waals surface area contributed by atoms with E-state index in [1.54, 1.807) is 0 Å². The van der Waals surface area contributed by atoms with Crippen LogP contribution in [0.4, 0.5) is 0 Å². The number of para-hydroxylation sites is 1. The van der Waals surface area contributed by atoms with Crippen LogP contribution >= 0.6 is 0 Å². The van der Waals surface area contributed by atoms with Crippen molar-refractivity contribution in [1.82, 2.24) is 14.8 Å². The van der Waals surface area contributed by atoms with E-state index in [-0.39, 0.29) is 0 Å². The molecule has 1 atom stereocenters. The molecule has 1 saturated heterocycles. The fraction of sp³-hybridized carbons (Fsp3) is 0.500. The van der Waals surface area contributed by atoms with Crippen molar-refractivity contribution in [2.45, 2.75) is 12.5 Å². The molecule has 1 fully saturated rings. The van der Waals surface area contributed by atoms with Gasteiger partial charge in [0.15, 0.2) is 0 Å². The number of H-pyrrole nitrogens is 1. The van der Waals surface area contributed by atoms with Gasteiger partial charge in [-0.25, -0.2) is 0 Å². The Balaban J connectivity index is 1.90. The summed E-state index contributed by atoms with van der Waals surface area (Å²) < 4.78 is 0. The van der Waals surface area contributed by atoms with Crippen LogP contribution in [-0.4, -0.2) is 54.6 Å². The number of piperazine rings is 1. The minimum atomic E-state index is 0.435. The van der Waals surface area contributed by atoms with Gasteiger partial charge < -0.3 is 15.6 Å². The average Bonchev–Trinajstić information content (AvgIpc) is 2.90. The molecule has 3 N–H and O–H groups in total. The lowest BCUT2D eigenvalue weighted by Gasteiger charge is -2.38. The van der Waals surface area contributed by atoms with Gasteiger partial charge in [-0.2, -0.15) is 0 Å². The van der Waals surface area contributed by atoms with E-state index in [0.29, 0.717) is 6.04 Å². The Morgan fingerprint density at radius 2 is 1.95 bits per heavy atom. The summed E-state index contributed by atoms with van der Waals surface area (Å²) in [5, 5.41) is 1.34. The third-order valence-corrected chi connectivity index (χ3v) is 4.40. The molecule has 0 saturated carbocycles. The van der Waals surface area contributed by atoms with Gasteiger partial charge in [-0.15, -0.1) is 0 Å². The number of nitrogens with zero attached hydrogens (tertiary/aromatic N) is 2. The maximum Gasteiger partial charge on any atom is 0.0457 e. The maximum atomic E-state index is 5.87. The molecule has 0 amide bonds. The highest BCUT2D eigenvalue weighted by Gasteiger charge is 2.25. The molecule has 3 rings (SSSR count). The van der Waals surface area contributed by atoms with Crippen LogP contribution in [0.2, 0.25) is 0 Å². The van der Waals surface area contributed by atoms with E-state index < -0.39 is 0 Å². The number of fused-ring (bicyclic) bond motifs is 1. The molecule has 20 heavy (non-hydrogen) atoms. The van der Waals surface area contributed by atoms with E-state index in [1.807, 2.05) is 0 Å². The van der Waals surface area contributed by atoms with Gasteiger partial charge in [0.25, 0.3) is 0 Å². The number of likely N-dealkylation sites (N-methyl/N-ethyl adjacent to an activating group) is 1. The van der Waals surface area contributed by atoms with E-state index in [1.165, 1.54) is 16.5 Å². The molecule has 108 valence electrons. The summed E-state index contributed by atoms with van der Waals surface area (Å²) in [6, 6.07) is 8.98. The first-order valence-electron chi connectivity index (χ1n) is 7.48. The van der Waals surface area contributed by atoms with Crippen LogP contribution in [0.1, 0.15) is 18.0 Å².